The first-order valence-electron chi connectivity index (χ1n) is 15.1. The molecule has 0 bridgehead atoms. The van der Waals surface area contributed by atoms with Gasteiger partial charge in [0.05, 0.1) is 18.8 Å². The SMILES string of the molecule is COc1ccc(-c2oc3c(CC=C(C)C)c(O)c(CN(C(C)C)C(C)C)c(O)c3c(=O)c2O[C@@H]2O[C@@H](C)[C@H](O)[C@@H](O)[C@H]2O)cc1. The molecule has 3 aromatic rings. The second-order valence-electron chi connectivity index (χ2n) is 12.3. The van der Waals surface area contributed by atoms with Crippen LogP contribution < -0.4 is 14.9 Å². The largest absolute Gasteiger partial charge is 0.507 e. The molecule has 1 aliphatic heterocycles. The van der Waals surface area contributed by atoms with Crippen molar-refractivity contribution >= 4 is 11.0 Å². The van der Waals surface area contributed by atoms with Gasteiger partial charge in [-0.05, 0) is 79.2 Å². The van der Waals surface area contributed by atoms with Crippen molar-refractivity contribution in [3.63, 3.8) is 0 Å². The van der Waals surface area contributed by atoms with Crippen molar-refractivity contribution in [2.24, 2.45) is 0 Å². The minimum absolute atomic E-state index is 0.0241. The molecular weight excluding hydrogens is 582 g/mol. The van der Waals surface area contributed by atoms with E-state index in [1.54, 1.807) is 24.3 Å². The first-order chi connectivity index (χ1) is 21.2. The molecule has 0 radical (unpaired) electrons. The van der Waals surface area contributed by atoms with Crippen LogP contribution in [0.1, 0.15) is 59.6 Å². The van der Waals surface area contributed by atoms with Crippen LogP contribution in [0.25, 0.3) is 22.3 Å². The maximum absolute atomic E-state index is 14.5. The molecule has 1 aromatic heterocycles. The Morgan fingerprint density at radius 2 is 1.58 bits per heavy atom. The van der Waals surface area contributed by atoms with E-state index in [1.165, 1.54) is 14.0 Å². The number of allylic oxidation sites excluding steroid dienone is 2. The van der Waals surface area contributed by atoms with Crippen molar-refractivity contribution in [3.8, 4) is 34.3 Å². The zero-order valence-electron chi connectivity index (χ0n) is 27.1. The zero-order valence-corrected chi connectivity index (χ0v) is 27.1. The Morgan fingerprint density at radius 1 is 0.956 bits per heavy atom. The lowest BCUT2D eigenvalue weighted by Gasteiger charge is -2.38. The van der Waals surface area contributed by atoms with Gasteiger partial charge in [-0.15, -0.1) is 0 Å². The number of aliphatic hydroxyl groups excluding tert-OH is 3. The molecule has 0 saturated carbocycles. The second kappa shape index (κ2) is 13.8. The van der Waals surface area contributed by atoms with Crippen LogP contribution in [-0.4, -0.2) is 80.3 Å². The first kappa shape index (κ1) is 34.3. The third-order valence-electron chi connectivity index (χ3n) is 8.22. The molecule has 5 atom stereocenters. The molecular formula is C34H45NO10. The normalized spacial score (nSPS) is 22.0. The van der Waals surface area contributed by atoms with Crippen LogP contribution in [0.4, 0.5) is 0 Å². The van der Waals surface area contributed by atoms with Gasteiger partial charge in [0.1, 0.15) is 46.5 Å². The molecule has 1 saturated heterocycles. The van der Waals surface area contributed by atoms with E-state index in [0.717, 1.165) is 5.57 Å². The van der Waals surface area contributed by atoms with Gasteiger partial charge < -0.3 is 44.2 Å². The van der Waals surface area contributed by atoms with E-state index < -0.39 is 47.6 Å². The second-order valence-corrected chi connectivity index (χ2v) is 12.3. The Kier molecular flexibility index (Phi) is 10.5. The number of phenols is 2. The maximum atomic E-state index is 14.5. The number of hydrogen-bond acceptors (Lipinski definition) is 11. The number of ether oxygens (including phenoxy) is 3. The fourth-order valence-electron chi connectivity index (χ4n) is 5.56. The summed E-state index contributed by atoms with van der Waals surface area (Å²) in [6, 6.07) is 6.71. The molecule has 0 unspecified atom stereocenters. The fourth-order valence-corrected chi connectivity index (χ4v) is 5.56. The number of aliphatic hydroxyl groups is 3. The number of methoxy groups -OCH3 is 1. The number of phenolic OH excluding ortho intramolecular Hbond substituents is 2. The minimum atomic E-state index is -1.71. The van der Waals surface area contributed by atoms with Crippen LogP contribution in [0, 0.1) is 0 Å². The maximum Gasteiger partial charge on any atom is 0.239 e. The van der Waals surface area contributed by atoms with E-state index in [0.29, 0.717) is 16.9 Å². The molecule has 1 aliphatic rings. The fraction of sp³-hybridized carbons (Fsp3) is 0.500. The Hall–Kier alpha value is -3.61. The molecule has 0 aliphatic carbocycles. The summed E-state index contributed by atoms with van der Waals surface area (Å²) < 4.78 is 23.3. The van der Waals surface area contributed by atoms with Gasteiger partial charge in [0, 0.05) is 29.8 Å². The Bertz CT molecular complexity index is 1580. The molecule has 246 valence electrons. The quantitative estimate of drug-likeness (QED) is 0.205. The minimum Gasteiger partial charge on any atom is -0.507 e. The lowest BCUT2D eigenvalue weighted by molar-refractivity contribution is -0.268. The molecule has 5 N–H and O–H groups in total. The summed E-state index contributed by atoms with van der Waals surface area (Å²) in [5.74, 6) is -0.542. The molecule has 11 nitrogen and oxygen atoms in total. The topological polar surface area (TPSA) is 162 Å². The third kappa shape index (κ3) is 6.83. The highest BCUT2D eigenvalue weighted by Gasteiger charge is 2.44. The molecule has 45 heavy (non-hydrogen) atoms. The highest BCUT2D eigenvalue weighted by molar-refractivity contribution is 5.93. The molecule has 0 spiro atoms. The van der Waals surface area contributed by atoms with Gasteiger partial charge in [-0.3, -0.25) is 9.69 Å². The Balaban J connectivity index is 2.05. The number of nitrogens with zero attached hydrogens (tertiary/aromatic N) is 1. The molecule has 11 heteroatoms. The third-order valence-corrected chi connectivity index (χ3v) is 8.22. The van der Waals surface area contributed by atoms with E-state index in [1.807, 2.05) is 47.6 Å². The molecule has 2 heterocycles. The van der Waals surface area contributed by atoms with Gasteiger partial charge in [0.25, 0.3) is 0 Å². The monoisotopic (exact) mass is 627 g/mol. The van der Waals surface area contributed by atoms with Crippen molar-refractivity contribution in [1.82, 2.24) is 4.90 Å². The average Bonchev–Trinajstić information content (AvgIpc) is 2.98. The van der Waals surface area contributed by atoms with Crippen LogP contribution in [0.5, 0.6) is 23.0 Å². The van der Waals surface area contributed by atoms with Gasteiger partial charge >= 0.3 is 0 Å². The standard InChI is InChI=1S/C34H45NO10/c1-16(2)9-14-22-26(37)23(15-35(17(3)4)18(5)6)27(38)24-28(39)33(45-34-30(41)29(40)25(36)19(7)43-34)31(44-32(22)24)20-10-12-21(42-8)13-11-20/h9-13,17-19,25,29-30,34,36-38,40-41H,14-15H2,1-8H3/t19-,25-,29+,30+,34-/m0/s1. The Morgan fingerprint density at radius 3 is 2.13 bits per heavy atom. The van der Waals surface area contributed by atoms with Crippen LogP contribution in [0.3, 0.4) is 0 Å². The molecule has 4 rings (SSSR count). The summed E-state index contributed by atoms with van der Waals surface area (Å²) in [6.07, 6.45) is -5.10. The summed E-state index contributed by atoms with van der Waals surface area (Å²) in [5, 5.41) is 54.4. The summed E-state index contributed by atoms with van der Waals surface area (Å²) in [6.45, 7) is 13.5. The first-order valence-corrected chi connectivity index (χ1v) is 15.1. The van der Waals surface area contributed by atoms with Gasteiger partial charge in [-0.1, -0.05) is 11.6 Å². The van der Waals surface area contributed by atoms with E-state index in [2.05, 4.69) is 4.90 Å². The van der Waals surface area contributed by atoms with Crippen LogP contribution in [0.2, 0.25) is 0 Å². The summed E-state index contributed by atoms with van der Waals surface area (Å²) in [5.41, 5.74) is 1.04. The lowest BCUT2D eigenvalue weighted by Crippen LogP contribution is -2.58. The molecule has 2 aromatic carbocycles. The summed E-state index contributed by atoms with van der Waals surface area (Å²) in [4.78, 5) is 16.5. The van der Waals surface area contributed by atoms with Gasteiger partial charge in [-0.2, -0.15) is 0 Å². The summed E-state index contributed by atoms with van der Waals surface area (Å²) in [7, 11) is 1.51. The molecule has 1 fully saturated rings. The van der Waals surface area contributed by atoms with Gasteiger partial charge in [-0.25, -0.2) is 0 Å². The van der Waals surface area contributed by atoms with E-state index in [-0.39, 0.29) is 53.1 Å². The van der Waals surface area contributed by atoms with Gasteiger partial charge in [0.15, 0.2) is 5.76 Å². The van der Waals surface area contributed by atoms with Crippen molar-refractivity contribution in [3.05, 3.63) is 57.3 Å². The van der Waals surface area contributed by atoms with Crippen molar-refractivity contribution in [2.45, 2.75) is 104 Å². The number of aromatic hydroxyl groups is 2. The van der Waals surface area contributed by atoms with Crippen molar-refractivity contribution < 1.29 is 44.2 Å². The van der Waals surface area contributed by atoms with Crippen molar-refractivity contribution in [1.29, 1.82) is 0 Å². The number of benzene rings is 2. The van der Waals surface area contributed by atoms with E-state index in [4.69, 9.17) is 18.6 Å². The number of fused-ring (bicyclic) bond motifs is 1. The highest BCUT2D eigenvalue weighted by Crippen LogP contribution is 2.44. The van der Waals surface area contributed by atoms with Gasteiger partial charge in [0.2, 0.25) is 17.5 Å². The van der Waals surface area contributed by atoms with E-state index in [9.17, 15) is 30.3 Å². The van der Waals surface area contributed by atoms with E-state index >= 15 is 0 Å². The average molecular weight is 628 g/mol. The number of rotatable bonds is 10. The Labute approximate surface area is 262 Å². The highest BCUT2D eigenvalue weighted by atomic mass is 16.7. The smallest absolute Gasteiger partial charge is 0.239 e. The van der Waals surface area contributed by atoms with Crippen LogP contribution in [-0.2, 0) is 17.7 Å². The predicted molar refractivity (Wildman–Crippen MR) is 170 cm³/mol. The molecule has 0 amide bonds. The van der Waals surface area contributed by atoms with Crippen LogP contribution >= 0.6 is 0 Å². The lowest BCUT2D eigenvalue weighted by atomic mass is 9.97. The zero-order chi connectivity index (χ0) is 33.3. The predicted octanol–water partition coefficient (Wildman–Crippen LogP) is 4.21. The number of hydrogen-bond donors (Lipinski definition) is 5. The van der Waals surface area contributed by atoms with Crippen molar-refractivity contribution in [2.75, 3.05) is 7.11 Å². The van der Waals surface area contributed by atoms with Crippen LogP contribution in [0.15, 0.2) is 45.1 Å². The summed E-state index contributed by atoms with van der Waals surface area (Å²) >= 11 is 0.